The summed E-state index contributed by atoms with van der Waals surface area (Å²) < 4.78 is 5.17. The van der Waals surface area contributed by atoms with Crippen molar-refractivity contribution in [2.45, 2.75) is 26.2 Å². The highest BCUT2D eigenvalue weighted by molar-refractivity contribution is 7.00. The average molecular weight is 1310 g/mol. The van der Waals surface area contributed by atoms with Gasteiger partial charge in [0.1, 0.15) is 0 Å². The summed E-state index contributed by atoms with van der Waals surface area (Å²) in [5, 5.41) is 20.8. The van der Waals surface area contributed by atoms with E-state index >= 15 is 0 Å². The summed E-state index contributed by atoms with van der Waals surface area (Å²) in [4.78, 5) is 5.44. The lowest BCUT2D eigenvalue weighted by Crippen LogP contribution is -2.61. The van der Waals surface area contributed by atoms with Gasteiger partial charge in [0.25, 0.3) is 6.71 Å². The molecule has 5 heteroatoms. The number of rotatable bonds is 8. The standard InChI is InChI=1S/C98H63BN4/c1-98(2,3)66-54-85-95-86(55-66)103(97-71(60-26-12-6-13-27-60)36-21-37-72(97)61-28-14-7-15-29-61)84-57-68(101-81-52-44-64-32-18-40-75-76-41-19-33-65-45-53-82(101)94(90(65)76)93(81)89(64)75)47-49-78(84)99(95)77-48-46-67(56-83(77)102(85)96-69(58-22-8-4-9-23-58)34-20-35-70(96)59-24-10-5-11-25-59)100-79-50-42-62-30-16-38-73-74-39-17-31-63-43-51-80(100)92(88(63)74)91(79)87(62)73/h4-57H,1-3H3. The van der Waals surface area contributed by atoms with Crippen molar-refractivity contribution in [1.29, 1.82) is 0 Å². The van der Waals surface area contributed by atoms with Gasteiger partial charge in [-0.05, 0) is 175 Å². The van der Waals surface area contributed by atoms with E-state index in [0.717, 1.165) is 90.0 Å². The van der Waals surface area contributed by atoms with Crippen molar-refractivity contribution in [2.75, 3.05) is 9.80 Å². The molecule has 21 aromatic rings. The third kappa shape index (κ3) is 7.75. The Labute approximate surface area is 595 Å². The van der Waals surface area contributed by atoms with Crippen LogP contribution < -0.4 is 26.2 Å². The smallest absolute Gasteiger partial charge is 0.252 e. The molecule has 23 rings (SSSR count). The first kappa shape index (κ1) is 56.9. The van der Waals surface area contributed by atoms with E-state index in [1.54, 1.807) is 0 Å². The van der Waals surface area contributed by atoms with Crippen LogP contribution in [0.4, 0.5) is 34.1 Å². The van der Waals surface area contributed by atoms with E-state index in [0.29, 0.717) is 0 Å². The molecule has 0 N–H and O–H groups in total. The fourth-order valence-corrected chi connectivity index (χ4v) is 19.1. The van der Waals surface area contributed by atoms with Crippen LogP contribution in [0.25, 0.3) is 164 Å². The third-order valence-corrected chi connectivity index (χ3v) is 23.4. The summed E-state index contributed by atoms with van der Waals surface area (Å²) in [6.45, 7) is 6.96. The number of anilines is 6. The van der Waals surface area contributed by atoms with Crippen LogP contribution in [0.5, 0.6) is 0 Å². The van der Waals surface area contributed by atoms with Gasteiger partial charge in [-0.25, -0.2) is 0 Å². The predicted octanol–water partition coefficient (Wildman–Crippen LogP) is 24.6. The van der Waals surface area contributed by atoms with Gasteiger partial charge in [0, 0.05) is 77.9 Å². The van der Waals surface area contributed by atoms with E-state index in [1.807, 2.05) is 0 Å². The zero-order valence-electron chi connectivity index (χ0n) is 57.0. The fraction of sp³-hybridized carbons (Fsp3) is 0.0408. The maximum atomic E-state index is 2.72. The summed E-state index contributed by atoms with van der Waals surface area (Å²) in [5.41, 5.74) is 27.8. The van der Waals surface area contributed by atoms with E-state index in [1.165, 1.54) is 130 Å². The molecule has 4 nitrogen and oxygen atoms in total. The average Bonchev–Trinajstić information content (AvgIpc) is 1.35. The molecule has 2 aliphatic rings. The number of benzene rings is 19. The molecular formula is C98H63BN4. The molecule has 19 aromatic carbocycles. The van der Waals surface area contributed by atoms with Crippen molar-refractivity contribution < 1.29 is 0 Å². The molecule has 0 fully saturated rings. The topological polar surface area (TPSA) is 16.3 Å². The molecule has 0 spiro atoms. The molecule has 2 aromatic heterocycles. The third-order valence-electron chi connectivity index (χ3n) is 23.4. The lowest BCUT2D eigenvalue weighted by molar-refractivity contribution is 0.590. The summed E-state index contributed by atoms with van der Waals surface area (Å²) in [7, 11) is 0. The van der Waals surface area contributed by atoms with Gasteiger partial charge in [0.2, 0.25) is 0 Å². The second-order valence-electron chi connectivity index (χ2n) is 29.8. The molecule has 0 bridgehead atoms. The first-order valence-corrected chi connectivity index (χ1v) is 36.2. The molecule has 0 radical (unpaired) electrons. The molecule has 0 unspecified atom stereocenters. The molecule has 0 saturated carbocycles. The summed E-state index contributed by atoms with van der Waals surface area (Å²) in [5.74, 6) is 0. The molecule has 0 saturated heterocycles. The molecule has 4 heterocycles. The van der Waals surface area contributed by atoms with Crippen LogP contribution in [-0.4, -0.2) is 15.8 Å². The number of hydrogen-bond acceptors (Lipinski definition) is 2. The quantitative estimate of drug-likeness (QED) is 0.0856. The lowest BCUT2D eigenvalue weighted by atomic mass is 9.33. The van der Waals surface area contributed by atoms with E-state index in [9.17, 15) is 0 Å². The van der Waals surface area contributed by atoms with Crippen molar-refractivity contribution >= 4 is 165 Å². The number of para-hydroxylation sites is 2. The fourth-order valence-electron chi connectivity index (χ4n) is 19.1. The van der Waals surface area contributed by atoms with Gasteiger partial charge >= 0.3 is 0 Å². The zero-order chi connectivity index (χ0) is 67.7. The maximum absolute atomic E-state index is 2.72. The lowest BCUT2D eigenvalue weighted by Gasteiger charge is -2.46. The van der Waals surface area contributed by atoms with Gasteiger partial charge in [-0.1, -0.05) is 288 Å². The predicted molar refractivity (Wildman–Crippen MR) is 439 cm³/mol. The Bertz CT molecular complexity index is 6350. The Kier molecular flexibility index (Phi) is 11.5. The van der Waals surface area contributed by atoms with Crippen molar-refractivity contribution in [3.05, 3.63) is 333 Å². The minimum atomic E-state index is -0.317. The number of nitrogens with zero attached hydrogens (tertiary/aromatic N) is 4. The van der Waals surface area contributed by atoms with E-state index in [-0.39, 0.29) is 12.1 Å². The van der Waals surface area contributed by atoms with Crippen LogP contribution in [0.3, 0.4) is 0 Å². The van der Waals surface area contributed by atoms with Crippen molar-refractivity contribution in [2.24, 2.45) is 0 Å². The van der Waals surface area contributed by atoms with Crippen LogP contribution in [0.1, 0.15) is 26.3 Å². The summed E-state index contributed by atoms with van der Waals surface area (Å²) in [6.07, 6.45) is 0. The number of fused-ring (bicyclic) bond motifs is 6. The molecule has 103 heavy (non-hydrogen) atoms. The van der Waals surface area contributed by atoms with Crippen LogP contribution in [0.2, 0.25) is 0 Å². The van der Waals surface area contributed by atoms with E-state index in [2.05, 4.69) is 367 Å². The second kappa shape index (κ2) is 20.8. The van der Waals surface area contributed by atoms with Crippen LogP contribution in [0.15, 0.2) is 328 Å². The summed E-state index contributed by atoms with van der Waals surface area (Å²) in [6, 6.07) is 125. The SMILES string of the molecule is CC(C)(C)c1cc2c3c(c1)N(c1c(-c4ccccc4)cccc1-c1ccccc1)c1cc(-n4c5ccc6cccc7c8cccc9ccc4c(c98)c5c67)ccc1B3c1ccc(-n3c4ccc5cccc6c7cccc8ccc3c(c87)c4c56)cc1N2c1c(-c2ccccc2)cccc1-c1ccccc1. The minimum Gasteiger partial charge on any atom is -0.310 e. The monoisotopic (exact) mass is 1310 g/mol. The molecule has 0 aliphatic carbocycles. The molecular weight excluding hydrogens is 1240 g/mol. The Balaban J connectivity index is 0.879. The van der Waals surface area contributed by atoms with Crippen molar-refractivity contribution in [3.63, 3.8) is 0 Å². The van der Waals surface area contributed by atoms with Crippen LogP contribution >= 0.6 is 0 Å². The highest BCUT2D eigenvalue weighted by Gasteiger charge is 2.46. The van der Waals surface area contributed by atoms with E-state index in [4.69, 9.17) is 0 Å². The number of hydrogen-bond donors (Lipinski definition) is 0. The minimum absolute atomic E-state index is 0.232. The maximum Gasteiger partial charge on any atom is 0.252 e. The molecule has 0 amide bonds. The van der Waals surface area contributed by atoms with Gasteiger partial charge in [-0.15, -0.1) is 0 Å². The number of aromatic nitrogens is 2. The Morgan fingerprint density at radius 1 is 0.252 bits per heavy atom. The summed E-state index contributed by atoms with van der Waals surface area (Å²) >= 11 is 0. The van der Waals surface area contributed by atoms with Gasteiger partial charge in [0.05, 0.1) is 33.4 Å². The second-order valence-corrected chi connectivity index (χ2v) is 29.8. The van der Waals surface area contributed by atoms with Gasteiger partial charge in [-0.3, -0.25) is 0 Å². The highest BCUT2D eigenvalue weighted by Crippen LogP contribution is 2.56. The normalized spacial score (nSPS) is 13.1. The van der Waals surface area contributed by atoms with Crippen LogP contribution in [0, 0.1) is 0 Å². The van der Waals surface area contributed by atoms with Gasteiger partial charge < -0.3 is 18.9 Å². The molecule has 478 valence electrons. The molecule has 2 aliphatic heterocycles. The van der Waals surface area contributed by atoms with Gasteiger partial charge in [0.15, 0.2) is 0 Å². The highest BCUT2D eigenvalue weighted by atomic mass is 15.2. The van der Waals surface area contributed by atoms with Crippen molar-refractivity contribution in [1.82, 2.24) is 9.13 Å². The van der Waals surface area contributed by atoms with E-state index < -0.39 is 0 Å². The first-order chi connectivity index (χ1) is 50.8. The largest absolute Gasteiger partial charge is 0.310 e. The zero-order valence-corrected chi connectivity index (χ0v) is 57.0. The Morgan fingerprint density at radius 2 is 0.553 bits per heavy atom. The van der Waals surface area contributed by atoms with Crippen molar-refractivity contribution in [3.8, 4) is 55.9 Å². The molecule has 0 atom stereocenters. The van der Waals surface area contributed by atoms with Gasteiger partial charge in [-0.2, -0.15) is 0 Å². The Hall–Kier alpha value is -13.0. The first-order valence-electron chi connectivity index (χ1n) is 36.2. The van der Waals surface area contributed by atoms with Crippen LogP contribution in [-0.2, 0) is 5.41 Å². The Morgan fingerprint density at radius 3 is 0.854 bits per heavy atom.